The quantitative estimate of drug-likeness (QED) is 0.300. The number of H-pyrrole nitrogens is 1. The molecule has 2 atom stereocenters. The fourth-order valence-corrected chi connectivity index (χ4v) is 5.42. The number of carbonyl (C=O) groups excluding carboxylic acids is 1. The molecular weight excluding hydrogens is 484 g/mol. The maximum atomic E-state index is 13.0. The number of methoxy groups -OCH3 is 1. The summed E-state index contributed by atoms with van der Waals surface area (Å²) in [5, 5.41) is 19.0. The lowest BCUT2D eigenvalue weighted by Crippen LogP contribution is -2.21. The number of amides is 1. The smallest absolute Gasteiger partial charge is 0.235 e. The zero-order valence-electron chi connectivity index (χ0n) is 20.7. The Bertz CT molecular complexity index is 1700. The number of rotatable bonds is 7. The topological polar surface area (TPSA) is 132 Å². The number of hydrogen-bond acceptors (Lipinski definition) is 8. The molecule has 1 amide bonds. The average Bonchev–Trinajstić information content (AvgIpc) is 3.20. The third kappa shape index (κ3) is 3.31. The lowest BCUT2D eigenvalue weighted by molar-refractivity contribution is -0.118. The summed E-state index contributed by atoms with van der Waals surface area (Å²) in [7, 11) is 1.64. The number of fused-ring (bicyclic) bond motifs is 3. The monoisotopic (exact) mass is 508 g/mol. The van der Waals surface area contributed by atoms with Crippen LogP contribution < -0.4 is 20.1 Å². The maximum Gasteiger partial charge on any atom is 0.235 e. The van der Waals surface area contributed by atoms with Crippen LogP contribution in [0.1, 0.15) is 30.4 Å². The zero-order valence-corrected chi connectivity index (χ0v) is 20.7. The minimum atomic E-state index is -0.555. The van der Waals surface area contributed by atoms with Crippen LogP contribution in [0.4, 0.5) is 17.3 Å². The number of aromatic nitrogens is 6. The normalized spacial score (nSPS) is 19.4. The van der Waals surface area contributed by atoms with Gasteiger partial charge in [-0.15, -0.1) is 0 Å². The van der Waals surface area contributed by atoms with E-state index in [1.807, 2.05) is 37.3 Å². The van der Waals surface area contributed by atoms with E-state index >= 15 is 0 Å². The molecule has 0 saturated heterocycles. The first-order chi connectivity index (χ1) is 18.6. The number of ether oxygens (including phenoxy) is 2. The van der Waals surface area contributed by atoms with Gasteiger partial charge in [-0.25, -0.2) is 14.6 Å². The Morgan fingerprint density at radius 2 is 2.11 bits per heavy atom. The van der Waals surface area contributed by atoms with Crippen molar-refractivity contribution < 1.29 is 14.3 Å². The summed E-state index contributed by atoms with van der Waals surface area (Å²) in [6.07, 6.45) is 5.52. The summed E-state index contributed by atoms with van der Waals surface area (Å²) in [6, 6.07) is 13.8. The molecule has 0 bridgehead atoms. The molecule has 1 aliphatic heterocycles. The van der Waals surface area contributed by atoms with Gasteiger partial charge in [0.05, 0.1) is 36.5 Å². The van der Waals surface area contributed by atoms with Crippen LogP contribution in [0.25, 0.3) is 16.6 Å². The van der Waals surface area contributed by atoms with Gasteiger partial charge in [0.25, 0.3) is 0 Å². The van der Waals surface area contributed by atoms with Crippen molar-refractivity contribution >= 4 is 34.1 Å². The second-order valence-electron chi connectivity index (χ2n) is 9.41. The van der Waals surface area contributed by atoms with Gasteiger partial charge in [-0.1, -0.05) is 6.07 Å². The predicted octanol–water partition coefficient (Wildman–Crippen LogP) is 4.07. The fraction of sp³-hybridized carbons (Fsp3) is 0.222. The summed E-state index contributed by atoms with van der Waals surface area (Å²) < 4.78 is 12.9. The van der Waals surface area contributed by atoms with Crippen molar-refractivity contribution in [3.8, 4) is 17.2 Å². The number of nitrogens with one attached hydrogen (secondary N) is 3. The second-order valence-corrected chi connectivity index (χ2v) is 9.41. The van der Waals surface area contributed by atoms with Crippen LogP contribution in [0.2, 0.25) is 0 Å². The maximum absolute atomic E-state index is 13.0. The molecule has 7 rings (SSSR count). The molecule has 2 aromatic carbocycles. The van der Waals surface area contributed by atoms with Crippen LogP contribution in [0.5, 0.6) is 11.5 Å². The van der Waals surface area contributed by atoms with Crippen LogP contribution in [0.3, 0.4) is 0 Å². The third-order valence-electron chi connectivity index (χ3n) is 7.37. The van der Waals surface area contributed by atoms with E-state index in [0.29, 0.717) is 24.0 Å². The average molecular weight is 509 g/mol. The van der Waals surface area contributed by atoms with Crippen LogP contribution in [-0.4, -0.2) is 49.6 Å². The first-order valence-electron chi connectivity index (χ1n) is 12.3. The summed E-state index contributed by atoms with van der Waals surface area (Å²) in [5.74, 6) is 2.63. The first-order valence-corrected chi connectivity index (χ1v) is 12.3. The summed E-state index contributed by atoms with van der Waals surface area (Å²) in [5.41, 5.74) is 4.00. The number of aromatic amines is 1. The minimum absolute atomic E-state index is 0.0432. The van der Waals surface area contributed by atoms with Crippen molar-refractivity contribution in [2.75, 3.05) is 24.4 Å². The number of hydrogen-bond donors (Lipinski definition) is 3. The second kappa shape index (κ2) is 8.30. The van der Waals surface area contributed by atoms with Crippen molar-refractivity contribution in [3.63, 3.8) is 0 Å². The molecule has 0 unspecified atom stereocenters. The molecule has 4 heterocycles. The minimum Gasteiger partial charge on any atom is -0.497 e. The number of anilines is 3. The SMILES string of the molecule is CCOc1cc(-n2cncn2)cnc1Nc1n[nH]c2cc([C@@H]3C[C@@]34C(=O)Nc3ccc(OC)cc34)ccc12. The molecule has 11 heteroatoms. The Morgan fingerprint density at radius 3 is 2.92 bits per heavy atom. The van der Waals surface area contributed by atoms with Gasteiger partial charge in [0, 0.05) is 23.1 Å². The molecular formula is C27H24N8O3. The van der Waals surface area contributed by atoms with Gasteiger partial charge in [0.2, 0.25) is 5.91 Å². The van der Waals surface area contributed by atoms with Gasteiger partial charge in [-0.3, -0.25) is 9.89 Å². The molecule has 3 aromatic heterocycles. The van der Waals surface area contributed by atoms with Crippen molar-refractivity contribution in [3.05, 3.63) is 72.4 Å². The number of carbonyl (C=O) groups is 1. The number of benzene rings is 2. The van der Waals surface area contributed by atoms with Gasteiger partial charge in [0.15, 0.2) is 17.4 Å². The Balaban J connectivity index is 1.18. The molecule has 1 fully saturated rings. The molecule has 5 aromatic rings. The molecule has 1 aliphatic carbocycles. The molecule has 190 valence electrons. The van der Waals surface area contributed by atoms with E-state index in [1.165, 1.54) is 6.33 Å². The Labute approximate surface area is 217 Å². The summed E-state index contributed by atoms with van der Waals surface area (Å²) >= 11 is 0. The van der Waals surface area contributed by atoms with Crippen molar-refractivity contribution in [2.45, 2.75) is 24.7 Å². The lowest BCUT2D eigenvalue weighted by Gasteiger charge is -2.12. The Morgan fingerprint density at radius 1 is 1.18 bits per heavy atom. The van der Waals surface area contributed by atoms with Gasteiger partial charge in [-0.2, -0.15) is 10.2 Å². The van der Waals surface area contributed by atoms with Crippen LogP contribution in [0, 0.1) is 0 Å². The van der Waals surface area contributed by atoms with E-state index in [1.54, 1.807) is 24.3 Å². The standard InChI is InChI=1S/C27H24N8O3/c1-3-38-23-9-16(35-14-28-13-30-35)12-29-25(23)32-24-18-6-4-15(8-22(18)33-34-24)20-11-27(20)19-10-17(37-2)5-7-21(19)31-26(27)36/h4-10,12-14,20H,3,11H2,1-2H3,(H,31,36)(H2,29,32,33,34)/t20-,27-/m0/s1. The number of nitrogens with zero attached hydrogens (tertiary/aromatic N) is 5. The lowest BCUT2D eigenvalue weighted by atomic mass is 9.91. The molecule has 3 N–H and O–H groups in total. The van der Waals surface area contributed by atoms with Crippen molar-refractivity contribution in [2.24, 2.45) is 0 Å². The largest absolute Gasteiger partial charge is 0.497 e. The predicted molar refractivity (Wildman–Crippen MR) is 140 cm³/mol. The Kier molecular flexibility index (Phi) is 4.87. The van der Waals surface area contributed by atoms with Crippen LogP contribution in [-0.2, 0) is 10.2 Å². The third-order valence-corrected chi connectivity index (χ3v) is 7.37. The first kappa shape index (κ1) is 22.3. The van der Waals surface area contributed by atoms with E-state index < -0.39 is 5.41 Å². The highest BCUT2D eigenvalue weighted by molar-refractivity contribution is 6.10. The highest BCUT2D eigenvalue weighted by Gasteiger charge is 2.65. The molecule has 0 radical (unpaired) electrons. The van der Waals surface area contributed by atoms with E-state index in [2.05, 4.69) is 48.0 Å². The Hall–Kier alpha value is -4.93. The van der Waals surface area contributed by atoms with Gasteiger partial charge < -0.3 is 20.1 Å². The van der Waals surface area contributed by atoms with E-state index in [0.717, 1.165) is 45.6 Å². The molecule has 1 saturated carbocycles. The van der Waals surface area contributed by atoms with Gasteiger partial charge in [0.1, 0.15) is 18.4 Å². The highest BCUT2D eigenvalue weighted by Crippen LogP contribution is 2.65. The molecule has 2 aliphatic rings. The van der Waals surface area contributed by atoms with Gasteiger partial charge >= 0.3 is 0 Å². The number of pyridine rings is 1. The molecule has 1 spiro atoms. The summed E-state index contributed by atoms with van der Waals surface area (Å²) in [6.45, 7) is 2.40. The van der Waals surface area contributed by atoms with Crippen LogP contribution in [0.15, 0.2) is 61.3 Å². The van der Waals surface area contributed by atoms with E-state index in [9.17, 15) is 4.79 Å². The fourth-order valence-electron chi connectivity index (χ4n) is 5.42. The van der Waals surface area contributed by atoms with E-state index in [-0.39, 0.29) is 11.8 Å². The van der Waals surface area contributed by atoms with E-state index in [4.69, 9.17) is 9.47 Å². The molecule has 11 nitrogen and oxygen atoms in total. The zero-order chi connectivity index (χ0) is 25.9. The summed E-state index contributed by atoms with van der Waals surface area (Å²) in [4.78, 5) is 21.6. The van der Waals surface area contributed by atoms with Crippen LogP contribution >= 0.6 is 0 Å². The van der Waals surface area contributed by atoms with Gasteiger partial charge in [-0.05, 0) is 54.8 Å². The van der Waals surface area contributed by atoms with Crippen molar-refractivity contribution in [1.82, 2.24) is 29.9 Å². The highest BCUT2D eigenvalue weighted by atomic mass is 16.5. The molecule has 38 heavy (non-hydrogen) atoms. The van der Waals surface area contributed by atoms with Crippen molar-refractivity contribution in [1.29, 1.82) is 0 Å².